The molecule has 2 aliphatic heterocycles. The third-order valence-corrected chi connectivity index (χ3v) is 9.44. The van der Waals surface area contributed by atoms with E-state index in [0.29, 0.717) is 56.5 Å². The monoisotopic (exact) mass is 594 g/mol. The SMILES string of the molecule is C=Cc1c2[nH]c(c1C)/C=C1\N/C(=C3\c4[nH]c(c(C)c4C(=O)[C@@H]3C(=O)O)/C=c3\[nH]/c(c(C=O)c3CC)=C\2)[C@@H](CCC(=O)O)[C@@H]1C. The number of carboxylic acid groups (broad SMARTS) is 2. The number of aromatic amines is 3. The van der Waals surface area contributed by atoms with Gasteiger partial charge in [-0.1, -0.05) is 26.5 Å². The molecule has 1 aliphatic carbocycles. The third kappa shape index (κ3) is 4.24. The topological polar surface area (TPSA) is 168 Å². The zero-order valence-corrected chi connectivity index (χ0v) is 25.0. The highest BCUT2D eigenvalue weighted by Gasteiger charge is 2.48. The van der Waals surface area contributed by atoms with Crippen LogP contribution in [-0.4, -0.2) is 49.2 Å². The van der Waals surface area contributed by atoms with Gasteiger partial charge in [0.05, 0.1) is 11.0 Å². The Bertz CT molecular complexity index is 2000. The number of hydrogen-bond donors (Lipinski definition) is 6. The second-order valence-electron chi connectivity index (χ2n) is 11.7. The Morgan fingerprint density at radius 3 is 2.32 bits per heavy atom. The normalized spacial score (nSPS) is 24.5. The molecule has 0 unspecified atom stereocenters. The number of aliphatic carboxylic acids is 2. The van der Waals surface area contributed by atoms with Crippen LogP contribution < -0.4 is 16.0 Å². The summed E-state index contributed by atoms with van der Waals surface area (Å²) in [6, 6.07) is 0. The van der Waals surface area contributed by atoms with E-state index in [4.69, 9.17) is 0 Å². The van der Waals surface area contributed by atoms with Gasteiger partial charge >= 0.3 is 11.9 Å². The van der Waals surface area contributed by atoms with Crippen LogP contribution in [0.5, 0.6) is 0 Å². The van der Waals surface area contributed by atoms with Gasteiger partial charge in [0.25, 0.3) is 0 Å². The van der Waals surface area contributed by atoms with Crippen LogP contribution in [0.25, 0.3) is 29.9 Å². The predicted molar refractivity (Wildman–Crippen MR) is 166 cm³/mol. The number of carbonyl (C=O) groups is 4. The number of carbonyl (C=O) groups excluding carboxylic acids is 2. The largest absolute Gasteiger partial charge is 0.481 e. The average molecular weight is 595 g/mol. The fraction of sp³-hybridized carbons (Fsp3) is 0.294. The Morgan fingerprint density at radius 1 is 0.977 bits per heavy atom. The molecule has 3 aromatic heterocycles. The molecule has 10 nitrogen and oxygen atoms in total. The smallest absolute Gasteiger partial charge is 0.319 e. The molecule has 44 heavy (non-hydrogen) atoms. The number of Topliss-reactive ketones (excluding diaryl/α,β-unsaturated/α-hetero) is 1. The Kier molecular flexibility index (Phi) is 6.95. The summed E-state index contributed by atoms with van der Waals surface area (Å²) >= 11 is 0. The van der Waals surface area contributed by atoms with Crippen molar-refractivity contribution in [3.05, 3.63) is 84.8 Å². The molecule has 3 atom stereocenters. The van der Waals surface area contributed by atoms with Gasteiger partial charge in [-0.15, -0.1) is 0 Å². The van der Waals surface area contributed by atoms with E-state index in [1.165, 1.54) is 0 Å². The van der Waals surface area contributed by atoms with Crippen LogP contribution in [0.1, 0.15) is 92.4 Å². The lowest BCUT2D eigenvalue weighted by Crippen LogP contribution is -2.24. The van der Waals surface area contributed by atoms with E-state index in [1.54, 1.807) is 13.0 Å². The molecule has 0 aromatic carbocycles. The molecule has 0 spiro atoms. The molecule has 10 heteroatoms. The molecule has 3 aromatic rings. The second kappa shape index (κ2) is 10.6. The molecule has 6 N–H and O–H groups in total. The van der Waals surface area contributed by atoms with Crippen molar-refractivity contribution in [1.29, 1.82) is 0 Å². The molecule has 1 saturated heterocycles. The first-order valence-electron chi connectivity index (χ1n) is 14.7. The maximum absolute atomic E-state index is 13.8. The Morgan fingerprint density at radius 2 is 1.68 bits per heavy atom. The summed E-state index contributed by atoms with van der Waals surface area (Å²) in [6.45, 7) is 11.7. The number of H-pyrrole nitrogens is 3. The number of fused-ring (bicyclic) bond motifs is 7. The number of aromatic nitrogens is 3. The number of ketones is 1. The summed E-state index contributed by atoms with van der Waals surface area (Å²) < 4.78 is 0. The Balaban J connectivity index is 1.75. The summed E-state index contributed by atoms with van der Waals surface area (Å²) in [7, 11) is 0. The van der Waals surface area contributed by atoms with E-state index in [2.05, 4.69) is 26.8 Å². The molecule has 5 heterocycles. The fourth-order valence-corrected chi connectivity index (χ4v) is 7.12. The first-order valence-corrected chi connectivity index (χ1v) is 14.7. The van der Waals surface area contributed by atoms with E-state index in [9.17, 15) is 29.4 Å². The maximum atomic E-state index is 13.8. The van der Waals surface area contributed by atoms with E-state index >= 15 is 0 Å². The van der Waals surface area contributed by atoms with Crippen molar-refractivity contribution in [3.8, 4) is 0 Å². The minimum absolute atomic E-state index is 0.114. The highest BCUT2D eigenvalue weighted by molar-refractivity contribution is 6.24. The van der Waals surface area contributed by atoms with Gasteiger partial charge < -0.3 is 30.5 Å². The number of carboxylic acids is 2. The number of rotatable bonds is 7. The zero-order valence-electron chi connectivity index (χ0n) is 25.0. The zero-order chi connectivity index (χ0) is 31.6. The van der Waals surface area contributed by atoms with E-state index < -0.39 is 23.6 Å². The van der Waals surface area contributed by atoms with Gasteiger partial charge in [-0.05, 0) is 61.6 Å². The number of aldehydes is 1. The van der Waals surface area contributed by atoms with Crippen LogP contribution in [0, 0.1) is 31.6 Å². The quantitative estimate of drug-likeness (QED) is 0.179. The van der Waals surface area contributed by atoms with E-state index in [0.717, 1.165) is 40.1 Å². The summed E-state index contributed by atoms with van der Waals surface area (Å²) in [5.41, 5.74) is 8.28. The van der Waals surface area contributed by atoms with Crippen molar-refractivity contribution in [1.82, 2.24) is 20.3 Å². The highest BCUT2D eigenvalue weighted by atomic mass is 16.4. The lowest BCUT2D eigenvalue weighted by molar-refractivity contribution is -0.139. The van der Waals surface area contributed by atoms with Crippen LogP contribution >= 0.6 is 0 Å². The van der Waals surface area contributed by atoms with Crippen LogP contribution in [0.15, 0.2) is 18.0 Å². The standard InChI is InChI=1S/C34H34N4O6/c1-6-17-14(3)21-10-22-15(4)19(8-9-27(40)41)31(37-22)29-30(34(43)44)33(42)28-16(5)23(38-32(28)29)11-25-18(7-2)20(13-39)26(36-25)12-24(17)35-21/h6,10-13,15,19,30,35-38H,1,7-9H2,2-5H3,(H,40,41)(H,43,44)/b22-10-,25-11-,26-12-,31-29-/t15-,19-,30+/m0/s1. The summed E-state index contributed by atoms with van der Waals surface area (Å²) in [5, 5.41) is 24.6. The minimum Gasteiger partial charge on any atom is -0.481 e. The van der Waals surface area contributed by atoms with E-state index in [1.807, 2.05) is 39.0 Å². The van der Waals surface area contributed by atoms with Gasteiger partial charge in [0.1, 0.15) is 5.92 Å². The predicted octanol–water partition coefficient (Wildman–Crippen LogP) is 3.65. The van der Waals surface area contributed by atoms with Crippen LogP contribution in [0.3, 0.4) is 0 Å². The number of allylic oxidation sites excluding steroid dienone is 2. The Labute approximate surface area is 253 Å². The minimum atomic E-state index is -1.44. The van der Waals surface area contributed by atoms with Gasteiger partial charge in [-0.3, -0.25) is 19.2 Å². The van der Waals surface area contributed by atoms with Gasteiger partial charge in [0.2, 0.25) is 0 Å². The first-order chi connectivity index (χ1) is 21.0. The summed E-state index contributed by atoms with van der Waals surface area (Å²) in [5.74, 6) is -4.74. The van der Waals surface area contributed by atoms with Crippen molar-refractivity contribution < 1.29 is 29.4 Å². The first kappa shape index (κ1) is 29.0. The molecule has 3 aliphatic rings. The Hall–Kier alpha value is -5.12. The van der Waals surface area contributed by atoms with Crippen molar-refractivity contribution in [2.45, 2.75) is 47.0 Å². The van der Waals surface area contributed by atoms with E-state index in [-0.39, 0.29) is 24.7 Å². The van der Waals surface area contributed by atoms with Crippen LogP contribution in [-0.2, 0) is 16.0 Å². The van der Waals surface area contributed by atoms with Gasteiger partial charge in [-0.25, -0.2) is 0 Å². The fourth-order valence-electron chi connectivity index (χ4n) is 7.12. The van der Waals surface area contributed by atoms with Gasteiger partial charge in [-0.2, -0.15) is 0 Å². The molecule has 226 valence electrons. The lowest BCUT2D eigenvalue weighted by Gasteiger charge is -2.18. The molecule has 0 amide bonds. The highest BCUT2D eigenvalue weighted by Crippen LogP contribution is 2.48. The number of hydrogen-bond acceptors (Lipinski definition) is 5. The second-order valence-corrected chi connectivity index (χ2v) is 11.7. The molecule has 6 rings (SSSR count). The molecular weight excluding hydrogens is 560 g/mol. The van der Waals surface area contributed by atoms with Crippen LogP contribution in [0.2, 0.25) is 0 Å². The van der Waals surface area contributed by atoms with Gasteiger partial charge in [0.15, 0.2) is 12.1 Å². The molecule has 0 saturated carbocycles. The van der Waals surface area contributed by atoms with Crippen LogP contribution in [0.4, 0.5) is 0 Å². The average Bonchev–Trinajstić information content (AvgIpc) is 3.72. The maximum Gasteiger partial charge on any atom is 0.319 e. The number of nitrogens with one attached hydrogen (secondary N) is 4. The van der Waals surface area contributed by atoms with Crippen molar-refractivity contribution in [3.63, 3.8) is 0 Å². The summed E-state index contributed by atoms with van der Waals surface area (Å²) in [4.78, 5) is 60.6. The molecule has 0 radical (unpaired) electrons. The lowest BCUT2D eigenvalue weighted by atomic mass is 9.85. The molecule has 1 fully saturated rings. The van der Waals surface area contributed by atoms with Crippen molar-refractivity contribution >= 4 is 53.9 Å². The summed E-state index contributed by atoms with van der Waals surface area (Å²) in [6.07, 6.45) is 9.00. The van der Waals surface area contributed by atoms with Crippen molar-refractivity contribution in [2.24, 2.45) is 17.8 Å². The van der Waals surface area contributed by atoms with Crippen molar-refractivity contribution in [2.75, 3.05) is 0 Å². The molecule has 8 bridgehead atoms. The molecular formula is C34H34N4O6. The van der Waals surface area contributed by atoms with Gasteiger partial charge in [0, 0.05) is 74.3 Å². The third-order valence-electron chi connectivity index (χ3n) is 9.44.